The summed E-state index contributed by atoms with van der Waals surface area (Å²) in [6.45, 7) is 1.06. The van der Waals surface area contributed by atoms with Crippen LogP contribution in [0.25, 0.3) is 0 Å². The van der Waals surface area contributed by atoms with Crippen LogP contribution < -0.4 is 16.0 Å². The molecule has 4 rings (SSSR count). The highest BCUT2D eigenvalue weighted by Crippen LogP contribution is 2.36. The number of carbonyl (C=O) groups is 3. The molecule has 32 heavy (non-hydrogen) atoms. The van der Waals surface area contributed by atoms with Crippen molar-refractivity contribution >= 4 is 29.1 Å². The van der Waals surface area contributed by atoms with Crippen molar-refractivity contribution in [2.24, 2.45) is 11.7 Å². The molecule has 2 saturated carbocycles. The zero-order valence-corrected chi connectivity index (χ0v) is 17.8. The molecule has 1 atom stereocenters. The normalized spacial score (nSPS) is 20.4. The number of hydrogen-bond acceptors (Lipinski definition) is 5. The van der Waals surface area contributed by atoms with E-state index in [1.807, 2.05) is 4.90 Å². The van der Waals surface area contributed by atoms with Crippen molar-refractivity contribution in [3.05, 3.63) is 23.8 Å². The summed E-state index contributed by atoms with van der Waals surface area (Å²) >= 11 is 0. The second-order valence-corrected chi connectivity index (χ2v) is 8.69. The molecule has 1 aromatic carbocycles. The van der Waals surface area contributed by atoms with E-state index < -0.39 is 29.8 Å². The predicted octanol–water partition coefficient (Wildman–Crippen LogP) is 2.04. The Hall–Kier alpha value is -2.59. The van der Waals surface area contributed by atoms with Gasteiger partial charge in [-0.25, -0.2) is 8.78 Å². The Balaban J connectivity index is 1.56. The smallest absolute Gasteiger partial charge is 0.265 e. The van der Waals surface area contributed by atoms with E-state index in [-0.39, 0.29) is 30.8 Å². The summed E-state index contributed by atoms with van der Waals surface area (Å²) in [6.07, 6.45) is 2.00. The predicted molar refractivity (Wildman–Crippen MR) is 113 cm³/mol. The summed E-state index contributed by atoms with van der Waals surface area (Å²) in [6, 6.07) is 2.91. The number of hydrogen-bond donors (Lipinski definition) is 2. The number of alkyl halides is 2. The van der Waals surface area contributed by atoms with Crippen molar-refractivity contribution in [3.63, 3.8) is 0 Å². The number of amides is 3. The van der Waals surface area contributed by atoms with E-state index in [1.54, 1.807) is 0 Å². The first kappa shape index (κ1) is 22.6. The molecule has 1 aromatic rings. The molecule has 1 saturated heterocycles. The molecule has 1 aliphatic heterocycles. The van der Waals surface area contributed by atoms with E-state index in [0.717, 1.165) is 32.1 Å². The van der Waals surface area contributed by atoms with Gasteiger partial charge in [-0.05, 0) is 49.8 Å². The molecule has 1 heterocycles. The molecule has 0 spiro atoms. The van der Waals surface area contributed by atoms with Gasteiger partial charge in [0.1, 0.15) is 6.61 Å². The molecule has 0 bridgehead atoms. The monoisotopic (exact) mass is 450 g/mol. The maximum Gasteiger partial charge on any atom is 0.265 e. The molecule has 8 nitrogen and oxygen atoms in total. The zero-order chi connectivity index (χ0) is 22.8. The van der Waals surface area contributed by atoms with E-state index >= 15 is 0 Å². The lowest BCUT2D eigenvalue weighted by Crippen LogP contribution is -2.57. The molecule has 3 aliphatic rings. The maximum absolute atomic E-state index is 13.8. The fourth-order valence-electron chi connectivity index (χ4n) is 4.23. The second kappa shape index (κ2) is 9.50. The second-order valence-electron chi connectivity index (χ2n) is 8.69. The molecule has 2 aliphatic carbocycles. The summed E-state index contributed by atoms with van der Waals surface area (Å²) in [7, 11) is 0. The third-order valence-electron chi connectivity index (χ3n) is 6.38. The van der Waals surface area contributed by atoms with Crippen LogP contribution in [0.5, 0.6) is 0 Å². The third-order valence-corrected chi connectivity index (χ3v) is 6.38. The van der Waals surface area contributed by atoms with Crippen molar-refractivity contribution in [3.8, 4) is 0 Å². The van der Waals surface area contributed by atoms with Gasteiger partial charge in [-0.15, -0.1) is 0 Å². The van der Waals surface area contributed by atoms with Gasteiger partial charge in [-0.3, -0.25) is 19.3 Å². The Morgan fingerprint density at radius 3 is 2.56 bits per heavy atom. The van der Waals surface area contributed by atoms with Crippen LogP contribution in [0.2, 0.25) is 0 Å². The van der Waals surface area contributed by atoms with E-state index in [0.29, 0.717) is 24.8 Å². The van der Waals surface area contributed by atoms with Crippen LogP contribution in [0.3, 0.4) is 0 Å². The number of rotatable bonds is 9. The molecular formula is C22H28F2N4O4. The van der Waals surface area contributed by atoms with Gasteiger partial charge in [0.15, 0.2) is 6.04 Å². The molecular weight excluding hydrogens is 422 g/mol. The first-order valence-corrected chi connectivity index (χ1v) is 11.0. The van der Waals surface area contributed by atoms with Crippen LogP contribution in [0.1, 0.15) is 44.1 Å². The van der Waals surface area contributed by atoms with Gasteiger partial charge in [0, 0.05) is 36.1 Å². The van der Waals surface area contributed by atoms with Crippen LogP contribution in [0.4, 0.5) is 20.2 Å². The number of ether oxygens (including phenoxy) is 1. The minimum atomic E-state index is -2.89. The molecule has 0 radical (unpaired) electrons. The number of benzene rings is 1. The fraction of sp³-hybridized carbons (Fsp3) is 0.591. The fourth-order valence-corrected chi connectivity index (χ4v) is 4.23. The van der Waals surface area contributed by atoms with Gasteiger partial charge in [0.2, 0.25) is 5.91 Å². The number of anilines is 2. The summed E-state index contributed by atoms with van der Waals surface area (Å²) < 4.78 is 32.7. The Bertz CT molecular complexity index is 889. The van der Waals surface area contributed by atoms with E-state index in [1.165, 1.54) is 23.1 Å². The summed E-state index contributed by atoms with van der Waals surface area (Å²) in [4.78, 5) is 40.6. The van der Waals surface area contributed by atoms with Gasteiger partial charge in [0.05, 0.1) is 6.61 Å². The van der Waals surface area contributed by atoms with Crippen LogP contribution in [0, 0.1) is 5.92 Å². The minimum absolute atomic E-state index is 0.0966. The Kier molecular flexibility index (Phi) is 6.71. The largest absolute Gasteiger partial charge is 0.370 e. The van der Waals surface area contributed by atoms with E-state index in [4.69, 9.17) is 10.5 Å². The Labute approximate surface area is 185 Å². The molecule has 174 valence electrons. The standard InChI is InChI=1S/C22H28F2N4O4/c23-20(24)16-10-15(27-8-9-32-12-18(27)29)6-7-17(16)26-22(31)19(21(25)30)28(11-13-4-5-13)14-2-1-3-14/h6-7,10,13-14,19-20H,1-5,8-9,11-12H2,(H2,25,30)(H,26,31)/t19-/m1/s1. The van der Waals surface area contributed by atoms with Gasteiger partial charge in [-0.1, -0.05) is 6.42 Å². The molecule has 3 N–H and O–H groups in total. The van der Waals surface area contributed by atoms with Gasteiger partial charge >= 0.3 is 0 Å². The summed E-state index contributed by atoms with van der Waals surface area (Å²) in [5.74, 6) is -1.38. The number of morpholine rings is 1. The molecule has 0 aromatic heterocycles. The molecule has 3 amide bonds. The highest BCUT2D eigenvalue weighted by Gasteiger charge is 2.41. The number of halogens is 2. The molecule has 10 heteroatoms. The summed E-state index contributed by atoms with van der Waals surface area (Å²) in [5, 5.41) is 2.50. The van der Waals surface area contributed by atoms with Crippen LogP contribution in [-0.2, 0) is 19.1 Å². The quantitative estimate of drug-likeness (QED) is 0.561. The minimum Gasteiger partial charge on any atom is -0.370 e. The molecule has 3 fully saturated rings. The van der Waals surface area contributed by atoms with Crippen LogP contribution in [0.15, 0.2) is 18.2 Å². The Morgan fingerprint density at radius 1 is 1.25 bits per heavy atom. The number of primary amides is 1. The summed E-state index contributed by atoms with van der Waals surface area (Å²) in [5.41, 5.74) is 5.39. The first-order valence-electron chi connectivity index (χ1n) is 11.0. The van der Waals surface area contributed by atoms with Gasteiger partial charge in [0.25, 0.3) is 18.2 Å². The average Bonchev–Trinajstić information content (AvgIpc) is 3.51. The van der Waals surface area contributed by atoms with Crippen molar-refractivity contribution in [1.29, 1.82) is 0 Å². The van der Waals surface area contributed by atoms with Crippen molar-refractivity contribution in [1.82, 2.24) is 4.90 Å². The average molecular weight is 450 g/mol. The number of nitrogens with zero attached hydrogens (tertiary/aromatic N) is 2. The van der Waals surface area contributed by atoms with Crippen LogP contribution >= 0.6 is 0 Å². The Morgan fingerprint density at radius 2 is 2.00 bits per heavy atom. The lowest BCUT2D eigenvalue weighted by atomic mass is 9.89. The van der Waals surface area contributed by atoms with E-state index in [9.17, 15) is 23.2 Å². The van der Waals surface area contributed by atoms with Gasteiger partial charge < -0.3 is 20.7 Å². The molecule has 0 unspecified atom stereocenters. The lowest BCUT2D eigenvalue weighted by molar-refractivity contribution is -0.135. The highest BCUT2D eigenvalue weighted by molar-refractivity contribution is 6.10. The third kappa shape index (κ3) is 4.91. The maximum atomic E-state index is 13.8. The number of carbonyl (C=O) groups excluding carboxylic acids is 3. The zero-order valence-electron chi connectivity index (χ0n) is 17.8. The number of nitrogens with one attached hydrogen (secondary N) is 1. The van der Waals surface area contributed by atoms with Crippen LogP contribution in [-0.4, -0.2) is 61.0 Å². The van der Waals surface area contributed by atoms with E-state index in [2.05, 4.69) is 5.32 Å². The van der Waals surface area contributed by atoms with Crippen molar-refractivity contribution < 1.29 is 27.9 Å². The van der Waals surface area contributed by atoms with Crippen molar-refractivity contribution in [2.45, 2.75) is 50.6 Å². The van der Waals surface area contributed by atoms with Gasteiger partial charge in [-0.2, -0.15) is 0 Å². The SMILES string of the molecule is NC(=O)[C@H](C(=O)Nc1ccc(N2CCOCC2=O)cc1C(F)F)N(CC1CC1)C1CCC1. The number of nitrogens with two attached hydrogens (primary N) is 1. The lowest BCUT2D eigenvalue weighted by Gasteiger charge is -2.40. The van der Waals surface area contributed by atoms with Crippen molar-refractivity contribution in [2.75, 3.05) is 36.5 Å². The first-order chi connectivity index (χ1) is 15.3. The highest BCUT2D eigenvalue weighted by atomic mass is 19.3. The topological polar surface area (TPSA) is 105 Å².